The number of fused-ring (bicyclic) bond motifs is 1. The SMILES string of the molecule is CCCNC(=O)CN1CCC(NC(=NCc2cc3c(cc2OC)CC(C)O3)NCC)CC1.I. The van der Waals surface area contributed by atoms with Crippen molar-refractivity contribution < 1.29 is 14.3 Å². The molecule has 1 fully saturated rings. The van der Waals surface area contributed by atoms with Crippen LogP contribution in [0.1, 0.15) is 51.2 Å². The Morgan fingerprint density at radius 2 is 2.00 bits per heavy atom. The van der Waals surface area contributed by atoms with Gasteiger partial charge in [-0.25, -0.2) is 4.99 Å². The van der Waals surface area contributed by atoms with E-state index < -0.39 is 0 Å². The number of likely N-dealkylation sites (tertiary alicyclic amines) is 1. The highest BCUT2D eigenvalue weighted by atomic mass is 127. The van der Waals surface area contributed by atoms with Gasteiger partial charge in [0.05, 0.1) is 20.2 Å². The molecule has 186 valence electrons. The molecule has 1 unspecified atom stereocenters. The minimum absolute atomic E-state index is 0. The molecule has 2 heterocycles. The molecule has 0 aromatic heterocycles. The van der Waals surface area contributed by atoms with Gasteiger partial charge in [0.1, 0.15) is 17.6 Å². The van der Waals surface area contributed by atoms with Gasteiger partial charge in [-0.1, -0.05) is 6.92 Å². The number of aliphatic imine (C=N–C) groups is 1. The number of halogens is 1. The molecule has 2 aliphatic heterocycles. The van der Waals surface area contributed by atoms with Crippen LogP contribution in [0.3, 0.4) is 0 Å². The summed E-state index contributed by atoms with van der Waals surface area (Å²) < 4.78 is 11.5. The third kappa shape index (κ3) is 8.20. The summed E-state index contributed by atoms with van der Waals surface area (Å²) in [5, 5.41) is 9.88. The zero-order valence-electron chi connectivity index (χ0n) is 20.4. The van der Waals surface area contributed by atoms with Gasteiger partial charge in [0.25, 0.3) is 0 Å². The van der Waals surface area contributed by atoms with Crippen molar-refractivity contribution in [2.45, 2.75) is 65.1 Å². The average Bonchev–Trinajstić information content (AvgIpc) is 3.15. The largest absolute Gasteiger partial charge is 0.496 e. The van der Waals surface area contributed by atoms with Crippen LogP contribution in [0.25, 0.3) is 0 Å². The van der Waals surface area contributed by atoms with Crippen LogP contribution in [-0.2, 0) is 17.8 Å². The standard InChI is InChI=1S/C24H39N5O3.HI/c1-5-9-26-23(30)16-29-10-7-20(8-11-29)28-24(25-6-2)27-15-19-14-22-18(12-17(3)32-22)13-21(19)31-4;/h13-14,17,20H,5-12,15-16H2,1-4H3,(H,26,30)(H2,25,27,28);1H. The summed E-state index contributed by atoms with van der Waals surface area (Å²) in [6.07, 6.45) is 4.06. The molecule has 1 amide bonds. The van der Waals surface area contributed by atoms with Gasteiger partial charge in [0.2, 0.25) is 5.91 Å². The fourth-order valence-electron chi connectivity index (χ4n) is 4.23. The topological polar surface area (TPSA) is 87.2 Å². The lowest BCUT2D eigenvalue weighted by Gasteiger charge is -2.32. The highest BCUT2D eigenvalue weighted by Gasteiger charge is 2.23. The van der Waals surface area contributed by atoms with Gasteiger partial charge in [-0.3, -0.25) is 9.69 Å². The Hall–Kier alpha value is -1.75. The number of nitrogens with one attached hydrogen (secondary N) is 3. The summed E-state index contributed by atoms with van der Waals surface area (Å²) in [7, 11) is 1.70. The van der Waals surface area contributed by atoms with Gasteiger partial charge < -0.3 is 25.4 Å². The van der Waals surface area contributed by atoms with Crippen molar-refractivity contribution in [3.8, 4) is 11.5 Å². The molecule has 3 N–H and O–H groups in total. The van der Waals surface area contributed by atoms with Crippen LogP contribution < -0.4 is 25.4 Å². The molecule has 33 heavy (non-hydrogen) atoms. The van der Waals surface area contributed by atoms with E-state index in [1.54, 1.807) is 7.11 Å². The third-order valence-corrected chi connectivity index (χ3v) is 5.92. The number of carbonyl (C=O) groups is 1. The van der Waals surface area contributed by atoms with Crippen LogP contribution in [0.5, 0.6) is 11.5 Å². The third-order valence-electron chi connectivity index (χ3n) is 5.92. The molecular formula is C24H40IN5O3. The van der Waals surface area contributed by atoms with Gasteiger partial charge in [0.15, 0.2) is 5.96 Å². The molecule has 0 bridgehead atoms. The van der Waals surface area contributed by atoms with Crippen LogP contribution in [0, 0.1) is 0 Å². The molecule has 3 rings (SSSR count). The number of piperidine rings is 1. The molecule has 2 aliphatic rings. The van der Waals surface area contributed by atoms with E-state index in [1.807, 2.05) is 0 Å². The van der Waals surface area contributed by atoms with Crippen LogP contribution in [0.4, 0.5) is 0 Å². The molecule has 0 radical (unpaired) electrons. The Morgan fingerprint density at radius 3 is 2.67 bits per heavy atom. The van der Waals surface area contributed by atoms with Gasteiger partial charge in [-0.15, -0.1) is 24.0 Å². The molecule has 1 aromatic carbocycles. The molecule has 0 spiro atoms. The van der Waals surface area contributed by atoms with Crippen molar-refractivity contribution in [1.82, 2.24) is 20.9 Å². The number of benzene rings is 1. The average molecular weight is 574 g/mol. The van der Waals surface area contributed by atoms with Crippen molar-refractivity contribution >= 4 is 35.8 Å². The fraction of sp³-hybridized carbons (Fsp3) is 0.667. The van der Waals surface area contributed by atoms with Crippen LogP contribution >= 0.6 is 24.0 Å². The molecule has 0 aliphatic carbocycles. The monoisotopic (exact) mass is 573 g/mol. The van der Waals surface area contributed by atoms with E-state index in [0.717, 1.165) is 74.9 Å². The maximum atomic E-state index is 12.0. The van der Waals surface area contributed by atoms with Crippen LogP contribution in [0.2, 0.25) is 0 Å². The zero-order valence-corrected chi connectivity index (χ0v) is 22.7. The zero-order chi connectivity index (χ0) is 22.9. The lowest BCUT2D eigenvalue weighted by molar-refractivity contribution is -0.122. The first kappa shape index (κ1) is 27.5. The molecule has 1 aromatic rings. The lowest BCUT2D eigenvalue weighted by Crippen LogP contribution is -2.50. The quantitative estimate of drug-likeness (QED) is 0.239. The predicted octanol–water partition coefficient (Wildman–Crippen LogP) is 2.68. The number of rotatable bonds is 9. The maximum absolute atomic E-state index is 12.0. The number of guanidine groups is 1. The molecule has 0 saturated carbocycles. The first-order chi connectivity index (χ1) is 15.5. The number of ether oxygens (including phenoxy) is 2. The van der Waals surface area contributed by atoms with E-state index in [4.69, 9.17) is 14.5 Å². The Morgan fingerprint density at radius 1 is 1.24 bits per heavy atom. The molecule has 8 nitrogen and oxygen atoms in total. The van der Waals surface area contributed by atoms with Gasteiger partial charge in [-0.05, 0) is 45.2 Å². The van der Waals surface area contributed by atoms with Gasteiger partial charge in [-0.2, -0.15) is 0 Å². The first-order valence-corrected chi connectivity index (χ1v) is 11.9. The smallest absolute Gasteiger partial charge is 0.234 e. The van der Waals surface area contributed by atoms with Crippen LogP contribution in [0.15, 0.2) is 17.1 Å². The van der Waals surface area contributed by atoms with Crippen LogP contribution in [-0.4, -0.2) is 68.7 Å². The molecule has 9 heteroatoms. The van der Waals surface area contributed by atoms with Gasteiger partial charge >= 0.3 is 0 Å². The van der Waals surface area contributed by atoms with Gasteiger partial charge in [0, 0.05) is 49.8 Å². The summed E-state index contributed by atoms with van der Waals surface area (Å²) in [6.45, 7) is 10.6. The first-order valence-electron chi connectivity index (χ1n) is 11.9. The number of hydrogen-bond acceptors (Lipinski definition) is 5. The Balaban J connectivity index is 0.00000385. The van der Waals surface area contributed by atoms with Crippen molar-refractivity contribution in [1.29, 1.82) is 0 Å². The van der Waals surface area contributed by atoms with E-state index in [9.17, 15) is 4.79 Å². The second kappa shape index (κ2) is 13.8. The van der Waals surface area contributed by atoms with Crippen molar-refractivity contribution in [2.75, 3.05) is 39.8 Å². The number of methoxy groups -OCH3 is 1. The predicted molar refractivity (Wildman–Crippen MR) is 143 cm³/mol. The maximum Gasteiger partial charge on any atom is 0.234 e. The fourth-order valence-corrected chi connectivity index (χ4v) is 4.23. The van der Waals surface area contributed by atoms with E-state index in [2.05, 4.69) is 53.8 Å². The Bertz CT molecular complexity index is 797. The van der Waals surface area contributed by atoms with Crippen molar-refractivity contribution in [3.63, 3.8) is 0 Å². The Labute approximate surface area is 215 Å². The summed E-state index contributed by atoms with van der Waals surface area (Å²) in [4.78, 5) is 19.0. The summed E-state index contributed by atoms with van der Waals surface area (Å²) >= 11 is 0. The Kier molecular flexibility index (Phi) is 11.5. The highest BCUT2D eigenvalue weighted by Crippen LogP contribution is 2.35. The number of amides is 1. The molecule has 1 atom stereocenters. The van der Waals surface area contributed by atoms with E-state index >= 15 is 0 Å². The second-order valence-corrected chi connectivity index (χ2v) is 8.64. The number of carbonyl (C=O) groups excluding carboxylic acids is 1. The molecular weight excluding hydrogens is 533 g/mol. The summed E-state index contributed by atoms with van der Waals surface area (Å²) in [6, 6.07) is 4.48. The summed E-state index contributed by atoms with van der Waals surface area (Å²) in [5.41, 5.74) is 2.22. The minimum atomic E-state index is 0. The number of hydrogen-bond donors (Lipinski definition) is 3. The van der Waals surface area contributed by atoms with Crippen molar-refractivity contribution in [2.24, 2.45) is 4.99 Å². The van der Waals surface area contributed by atoms with E-state index in [-0.39, 0.29) is 36.0 Å². The minimum Gasteiger partial charge on any atom is -0.496 e. The normalized spacial score (nSPS) is 18.7. The van der Waals surface area contributed by atoms with E-state index in [0.29, 0.717) is 19.1 Å². The highest BCUT2D eigenvalue weighted by molar-refractivity contribution is 14.0. The second-order valence-electron chi connectivity index (χ2n) is 8.64. The molecule has 1 saturated heterocycles. The number of nitrogens with zero attached hydrogens (tertiary/aromatic N) is 2. The lowest BCUT2D eigenvalue weighted by atomic mass is 10.1. The summed E-state index contributed by atoms with van der Waals surface area (Å²) in [5.74, 6) is 2.73. The van der Waals surface area contributed by atoms with Crippen molar-refractivity contribution in [3.05, 3.63) is 23.3 Å². The van der Waals surface area contributed by atoms with E-state index in [1.165, 1.54) is 5.56 Å².